The first-order chi connectivity index (χ1) is 9.22. The zero-order valence-electron chi connectivity index (χ0n) is 11.0. The van der Waals surface area contributed by atoms with Crippen LogP contribution in [-0.4, -0.2) is 45.4 Å². The number of rotatable bonds is 5. The van der Waals surface area contributed by atoms with Crippen molar-refractivity contribution in [1.29, 1.82) is 0 Å². The van der Waals surface area contributed by atoms with Crippen molar-refractivity contribution in [3.8, 4) is 0 Å². The van der Waals surface area contributed by atoms with Crippen LogP contribution in [0.25, 0.3) is 0 Å². The molecule has 0 aromatic carbocycles. The van der Waals surface area contributed by atoms with Gasteiger partial charge in [-0.05, 0) is 32.6 Å². The zero-order chi connectivity index (χ0) is 13.2. The fourth-order valence-corrected chi connectivity index (χ4v) is 4.17. The van der Waals surface area contributed by atoms with Gasteiger partial charge in [-0.15, -0.1) is 10.2 Å². The number of carbonyl (C=O) groups is 1. The summed E-state index contributed by atoms with van der Waals surface area (Å²) in [5.74, 6) is 0.231. The Labute approximate surface area is 121 Å². The molecular formula is C12H18N4OS2. The van der Waals surface area contributed by atoms with Crippen LogP contribution in [0.2, 0.25) is 0 Å². The highest BCUT2D eigenvalue weighted by Crippen LogP contribution is 2.32. The van der Waals surface area contributed by atoms with Crippen molar-refractivity contribution in [2.24, 2.45) is 0 Å². The van der Waals surface area contributed by atoms with Gasteiger partial charge in [0.05, 0.1) is 5.25 Å². The first kappa shape index (κ1) is 13.2. The molecule has 0 radical (unpaired) electrons. The van der Waals surface area contributed by atoms with E-state index in [0.29, 0.717) is 6.04 Å². The van der Waals surface area contributed by atoms with Gasteiger partial charge in [-0.2, -0.15) is 0 Å². The number of hydrogen-bond donors (Lipinski definition) is 1. The number of anilines is 1. The number of thioether (sulfide) groups is 1. The second-order valence-electron chi connectivity index (χ2n) is 5.08. The van der Waals surface area contributed by atoms with Crippen LogP contribution in [0.1, 0.15) is 32.6 Å². The Morgan fingerprint density at radius 2 is 2.16 bits per heavy atom. The predicted octanol–water partition coefficient (Wildman–Crippen LogP) is 2.22. The summed E-state index contributed by atoms with van der Waals surface area (Å²) < 4.78 is 0.878. The summed E-state index contributed by atoms with van der Waals surface area (Å²) in [4.78, 5) is 14.2. The molecule has 104 valence electrons. The fraction of sp³-hybridized carbons (Fsp3) is 0.750. The van der Waals surface area contributed by atoms with E-state index in [-0.39, 0.29) is 11.2 Å². The van der Waals surface area contributed by atoms with Gasteiger partial charge in [-0.25, -0.2) is 0 Å². The summed E-state index contributed by atoms with van der Waals surface area (Å²) >= 11 is 3.07. The van der Waals surface area contributed by atoms with Crippen molar-refractivity contribution >= 4 is 34.1 Å². The first-order valence-electron chi connectivity index (χ1n) is 6.78. The minimum absolute atomic E-state index is 0.0696. The summed E-state index contributed by atoms with van der Waals surface area (Å²) in [5.41, 5.74) is 0. The second kappa shape index (κ2) is 5.66. The van der Waals surface area contributed by atoms with E-state index < -0.39 is 0 Å². The third-order valence-electron chi connectivity index (χ3n) is 3.35. The summed E-state index contributed by atoms with van der Waals surface area (Å²) in [7, 11) is 0. The lowest BCUT2D eigenvalue weighted by Gasteiger charge is -2.18. The van der Waals surface area contributed by atoms with E-state index in [0.717, 1.165) is 35.4 Å². The molecule has 1 aromatic heterocycles. The topological polar surface area (TPSA) is 58.1 Å². The lowest BCUT2D eigenvalue weighted by atomic mass is 10.4. The van der Waals surface area contributed by atoms with Gasteiger partial charge in [0, 0.05) is 19.1 Å². The van der Waals surface area contributed by atoms with Crippen molar-refractivity contribution in [1.82, 2.24) is 15.1 Å². The van der Waals surface area contributed by atoms with Crippen LogP contribution < -0.4 is 5.32 Å². The summed E-state index contributed by atoms with van der Waals surface area (Å²) in [6.07, 6.45) is 4.73. The maximum atomic E-state index is 12.2. The van der Waals surface area contributed by atoms with Crippen LogP contribution in [0.4, 0.5) is 5.13 Å². The molecule has 1 amide bonds. The minimum Gasteiger partial charge on any atom is -0.357 e. The Balaban J connectivity index is 1.54. The molecule has 1 N–H and O–H groups in total. The highest BCUT2D eigenvalue weighted by atomic mass is 32.2. The second-order valence-corrected chi connectivity index (χ2v) is 7.65. The van der Waals surface area contributed by atoms with Crippen LogP contribution in [0.5, 0.6) is 0 Å². The van der Waals surface area contributed by atoms with Crippen molar-refractivity contribution in [2.75, 3.05) is 18.4 Å². The average molecular weight is 298 g/mol. The van der Waals surface area contributed by atoms with Gasteiger partial charge >= 0.3 is 0 Å². The number of hydrogen-bond acceptors (Lipinski definition) is 6. The molecule has 2 heterocycles. The predicted molar refractivity (Wildman–Crippen MR) is 77.7 cm³/mol. The van der Waals surface area contributed by atoms with Crippen molar-refractivity contribution in [3.05, 3.63) is 0 Å². The third-order valence-corrected chi connectivity index (χ3v) is 5.38. The third kappa shape index (κ3) is 3.39. The number of aromatic nitrogens is 2. The average Bonchev–Trinajstić information content (AvgIpc) is 2.90. The van der Waals surface area contributed by atoms with Crippen LogP contribution >= 0.6 is 23.1 Å². The fourth-order valence-electron chi connectivity index (χ4n) is 2.11. The van der Waals surface area contributed by atoms with Gasteiger partial charge in [0.2, 0.25) is 11.0 Å². The molecular weight excluding hydrogens is 280 g/mol. The molecule has 1 unspecified atom stereocenters. The van der Waals surface area contributed by atoms with Gasteiger partial charge < -0.3 is 10.2 Å². The van der Waals surface area contributed by atoms with Gasteiger partial charge in [-0.1, -0.05) is 23.1 Å². The molecule has 5 nitrogen and oxygen atoms in total. The summed E-state index contributed by atoms with van der Waals surface area (Å²) in [6, 6.07) is 0.592. The Morgan fingerprint density at radius 1 is 1.42 bits per heavy atom. The molecule has 1 saturated carbocycles. The first-order valence-corrected chi connectivity index (χ1v) is 8.47. The van der Waals surface area contributed by atoms with E-state index >= 15 is 0 Å². The highest BCUT2D eigenvalue weighted by Gasteiger charge is 2.26. The molecule has 1 aliphatic carbocycles. The lowest BCUT2D eigenvalue weighted by molar-refractivity contribution is -0.129. The molecule has 1 aliphatic heterocycles. The smallest absolute Gasteiger partial charge is 0.235 e. The maximum absolute atomic E-state index is 12.2. The van der Waals surface area contributed by atoms with E-state index in [1.165, 1.54) is 24.6 Å². The van der Waals surface area contributed by atoms with Gasteiger partial charge in [-0.3, -0.25) is 4.79 Å². The SMILES string of the molecule is CC(Sc1nnc(NC2CC2)s1)C(=O)N1CCCC1. The number of carbonyl (C=O) groups excluding carboxylic acids is 1. The highest BCUT2D eigenvalue weighted by molar-refractivity contribution is 8.02. The van der Waals surface area contributed by atoms with Crippen LogP contribution in [0.3, 0.4) is 0 Å². The number of nitrogens with zero attached hydrogens (tertiary/aromatic N) is 3. The summed E-state index contributed by atoms with van der Waals surface area (Å²) in [5, 5.41) is 12.4. The molecule has 0 bridgehead atoms. The molecule has 1 aromatic rings. The quantitative estimate of drug-likeness (QED) is 0.845. The monoisotopic (exact) mass is 298 g/mol. The Kier molecular flexibility index (Phi) is 3.93. The zero-order valence-corrected chi connectivity index (χ0v) is 12.6. The van der Waals surface area contributed by atoms with Crippen molar-refractivity contribution in [3.63, 3.8) is 0 Å². The summed E-state index contributed by atoms with van der Waals surface area (Å²) in [6.45, 7) is 3.78. The molecule has 1 saturated heterocycles. The van der Waals surface area contributed by atoms with Crippen LogP contribution in [-0.2, 0) is 4.79 Å². The van der Waals surface area contributed by atoms with Gasteiger partial charge in [0.1, 0.15) is 0 Å². The molecule has 2 aliphatic rings. The number of nitrogens with one attached hydrogen (secondary N) is 1. The van der Waals surface area contributed by atoms with E-state index in [9.17, 15) is 4.79 Å². The van der Waals surface area contributed by atoms with E-state index in [4.69, 9.17) is 0 Å². The Bertz CT molecular complexity index is 454. The Morgan fingerprint density at radius 3 is 2.84 bits per heavy atom. The largest absolute Gasteiger partial charge is 0.357 e. The van der Waals surface area contributed by atoms with Crippen LogP contribution in [0, 0.1) is 0 Å². The number of amides is 1. The Hall–Kier alpha value is -0.820. The standard InChI is InChI=1S/C12H18N4OS2/c1-8(10(17)16-6-2-3-7-16)18-12-15-14-11(19-12)13-9-4-5-9/h8-9H,2-7H2,1H3,(H,13,14). The lowest BCUT2D eigenvalue weighted by Crippen LogP contribution is -2.33. The molecule has 0 spiro atoms. The maximum Gasteiger partial charge on any atom is 0.235 e. The van der Waals surface area contributed by atoms with E-state index in [2.05, 4.69) is 15.5 Å². The molecule has 1 atom stereocenters. The molecule has 2 fully saturated rings. The molecule has 19 heavy (non-hydrogen) atoms. The number of likely N-dealkylation sites (tertiary alicyclic amines) is 1. The van der Waals surface area contributed by atoms with Gasteiger partial charge in [0.25, 0.3) is 0 Å². The molecule has 7 heteroatoms. The van der Waals surface area contributed by atoms with Gasteiger partial charge in [0.15, 0.2) is 4.34 Å². The van der Waals surface area contributed by atoms with E-state index in [1.807, 2.05) is 11.8 Å². The normalized spacial score (nSPS) is 20.6. The van der Waals surface area contributed by atoms with Crippen LogP contribution in [0.15, 0.2) is 4.34 Å². The van der Waals surface area contributed by atoms with E-state index in [1.54, 1.807) is 11.3 Å². The molecule has 3 rings (SSSR count). The minimum atomic E-state index is -0.0696. The van der Waals surface area contributed by atoms with Crippen molar-refractivity contribution in [2.45, 2.75) is 48.2 Å². The van der Waals surface area contributed by atoms with Crippen molar-refractivity contribution < 1.29 is 4.79 Å².